The molecule has 0 bridgehead atoms. The molecule has 0 aromatic carbocycles. The highest BCUT2D eigenvalue weighted by Crippen LogP contribution is 2.10. The smallest absolute Gasteiger partial charge is 0.259 e. The average Bonchev–Trinajstić information content (AvgIpc) is 2.82. The number of rotatable bonds is 4. The molecule has 1 aromatic heterocycles. The summed E-state index contributed by atoms with van der Waals surface area (Å²) in [6, 6.07) is 3.47. The Bertz CT molecular complexity index is 454. The van der Waals surface area contributed by atoms with Gasteiger partial charge in [0.05, 0.1) is 12.5 Å². The van der Waals surface area contributed by atoms with E-state index in [0.717, 1.165) is 19.3 Å². The van der Waals surface area contributed by atoms with Gasteiger partial charge in [0.25, 0.3) is 5.91 Å². The molecule has 19 heavy (non-hydrogen) atoms. The van der Waals surface area contributed by atoms with E-state index in [-0.39, 0.29) is 18.4 Å². The maximum atomic E-state index is 11.7. The SMILES string of the molecule is O=C(CN1CCCCCC1=O)N/N=C\c1ccco1. The molecule has 1 N–H and O–H groups in total. The third kappa shape index (κ3) is 4.24. The third-order valence-electron chi connectivity index (χ3n) is 2.93. The predicted octanol–water partition coefficient (Wildman–Crippen LogP) is 1.13. The van der Waals surface area contributed by atoms with Crippen LogP contribution in [-0.4, -0.2) is 36.0 Å². The van der Waals surface area contributed by atoms with E-state index in [1.54, 1.807) is 17.0 Å². The van der Waals surface area contributed by atoms with Gasteiger partial charge >= 0.3 is 0 Å². The van der Waals surface area contributed by atoms with Crippen molar-refractivity contribution in [1.82, 2.24) is 10.3 Å². The van der Waals surface area contributed by atoms with Crippen LogP contribution in [0.5, 0.6) is 0 Å². The number of carbonyl (C=O) groups is 2. The fourth-order valence-corrected chi connectivity index (χ4v) is 1.95. The Hall–Kier alpha value is -2.11. The maximum absolute atomic E-state index is 11.7. The largest absolute Gasteiger partial charge is 0.463 e. The molecular weight excluding hydrogens is 246 g/mol. The van der Waals surface area contributed by atoms with Crippen LogP contribution in [0, 0.1) is 0 Å². The van der Waals surface area contributed by atoms with Crippen molar-refractivity contribution in [2.75, 3.05) is 13.1 Å². The minimum atomic E-state index is -0.293. The van der Waals surface area contributed by atoms with Gasteiger partial charge in [0, 0.05) is 13.0 Å². The molecular formula is C13H17N3O3. The number of carbonyl (C=O) groups excluding carboxylic acids is 2. The highest BCUT2D eigenvalue weighted by atomic mass is 16.3. The van der Waals surface area contributed by atoms with Crippen LogP contribution in [0.15, 0.2) is 27.9 Å². The summed E-state index contributed by atoms with van der Waals surface area (Å²) in [4.78, 5) is 24.9. The Morgan fingerprint density at radius 1 is 1.47 bits per heavy atom. The Morgan fingerprint density at radius 3 is 3.16 bits per heavy atom. The number of hydrogen-bond acceptors (Lipinski definition) is 4. The van der Waals surface area contributed by atoms with Crippen molar-refractivity contribution in [3.8, 4) is 0 Å². The van der Waals surface area contributed by atoms with Gasteiger partial charge in [0.1, 0.15) is 12.3 Å². The Balaban J connectivity index is 1.78. The Kier molecular flexibility index (Phi) is 4.72. The normalized spacial score (nSPS) is 16.6. The first-order valence-electron chi connectivity index (χ1n) is 6.39. The van der Waals surface area contributed by atoms with Crippen LogP contribution in [0.25, 0.3) is 0 Å². The quantitative estimate of drug-likeness (QED) is 0.653. The van der Waals surface area contributed by atoms with E-state index in [4.69, 9.17) is 4.42 Å². The van der Waals surface area contributed by atoms with E-state index >= 15 is 0 Å². The molecule has 2 heterocycles. The molecule has 1 saturated heterocycles. The van der Waals surface area contributed by atoms with E-state index in [1.807, 2.05) is 0 Å². The zero-order chi connectivity index (χ0) is 13.5. The molecule has 2 amide bonds. The lowest BCUT2D eigenvalue weighted by molar-refractivity contribution is -0.135. The average molecular weight is 263 g/mol. The first-order valence-corrected chi connectivity index (χ1v) is 6.39. The number of likely N-dealkylation sites (tertiary alicyclic amines) is 1. The minimum Gasteiger partial charge on any atom is -0.463 e. The number of nitrogens with zero attached hydrogens (tertiary/aromatic N) is 2. The number of hydrogen-bond donors (Lipinski definition) is 1. The Labute approximate surface area is 111 Å². The molecule has 6 nitrogen and oxygen atoms in total. The van der Waals surface area contributed by atoms with Crippen molar-refractivity contribution in [1.29, 1.82) is 0 Å². The molecule has 0 unspecified atom stereocenters. The molecule has 6 heteroatoms. The Morgan fingerprint density at radius 2 is 2.37 bits per heavy atom. The van der Waals surface area contributed by atoms with Crippen molar-refractivity contribution in [2.24, 2.45) is 5.10 Å². The predicted molar refractivity (Wildman–Crippen MR) is 69.5 cm³/mol. The highest BCUT2D eigenvalue weighted by molar-refractivity contribution is 5.85. The van der Waals surface area contributed by atoms with Crippen molar-refractivity contribution in [3.63, 3.8) is 0 Å². The summed E-state index contributed by atoms with van der Waals surface area (Å²) < 4.78 is 5.03. The number of amides is 2. The summed E-state index contributed by atoms with van der Waals surface area (Å²) in [5.41, 5.74) is 2.39. The van der Waals surface area contributed by atoms with Crippen LogP contribution in [0.3, 0.4) is 0 Å². The summed E-state index contributed by atoms with van der Waals surface area (Å²) in [6.45, 7) is 0.711. The lowest BCUT2D eigenvalue weighted by Crippen LogP contribution is -2.39. The van der Waals surface area contributed by atoms with Gasteiger partial charge in [-0.15, -0.1) is 0 Å². The molecule has 0 saturated carbocycles. The monoisotopic (exact) mass is 263 g/mol. The van der Waals surface area contributed by atoms with E-state index in [2.05, 4.69) is 10.5 Å². The van der Waals surface area contributed by atoms with Crippen molar-refractivity contribution in [2.45, 2.75) is 25.7 Å². The van der Waals surface area contributed by atoms with Crippen LogP contribution >= 0.6 is 0 Å². The first-order chi connectivity index (χ1) is 9.25. The third-order valence-corrected chi connectivity index (χ3v) is 2.93. The molecule has 1 aliphatic rings. The van der Waals surface area contributed by atoms with Crippen molar-refractivity contribution < 1.29 is 14.0 Å². The van der Waals surface area contributed by atoms with Crippen LogP contribution in [0.1, 0.15) is 31.4 Å². The van der Waals surface area contributed by atoms with Gasteiger partial charge in [-0.3, -0.25) is 9.59 Å². The molecule has 0 atom stereocenters. The van der Waals surface area contributed by atoms with Gasteiger partial charge in [-0.1, -0.05) is 6.42 Å². The standard InChI is InChI=1S/C13H17N3O3/c17-12(15-14-9-11-5-4-8-19-11)10-16-7-3-1-2-6-13(16)18/h4-5,8-9H,1-3,6-7,10H2,(H,15,17)/b14-9-. The van der Waals surface area contributed by atoms with E-state index in [9.17, 15) is 9.59 Å². The fourth-order valence-electron chi connectivity index (χ4n) is 1.95. The van der Waals surface area contributed by atoms with Crippen LogP contribution in [0.4, 0.5) is 0 Å². The summed E-state index contributed by atoms with van der Waals surface area (Å²) in [5, 5.41) is 3.77. The molecule has 0 radical (unpaired) electrons. The topological polar surface area (TPSA) is 74.9 Å². The van der Waals surface area contributed by atoms with E-state index in [1.165, 1.54) is 12.5 Å². The molecule has 102 valence electrons. The van der Waals surface area contributed by atoms with Crippen LogP contribution in [0.2, 0.25) is 0 Å². The molecule has 0 spiro atoms. The summed E-state index contributed by atoms with van der Waals surface area (Å²) in [5.74, 6) is 0.312. The molecule has 1 fully saturated rings. The summed E-state index contributed by atoms with van der Waals surface area (Å²) in [6.07, 6.45) is 6.38. The van der Waals surface area contributed by atoms with Gasteiger partial charge in [0.2, 0.25) is 5.91 Å². The summed E-state index contributed by atoms with van der Waals surface area (Å²) in [7, 11) is 0. The second kappa shape index (κ2) is 6.72. The van der Waals surface area contributed by atoms with Gasteiger partial charge in [0.15, 0.2) is 0 Å². The second-order valence-electron chi connectivity index (χ2n) is 4.43. The second-order valence-corrected chi connectivity index (χ2v) is 4.43. The number of furan rings is 1. The molecule has 1 aliphatic heterocycles. The molecule has 2 rings (SSSR count). The molecule has 1 aromatic rings. The van der Waals surface area contributed by atoms with Crippen LogP contribution in [-0.2, 0) is 9.59 Å². The van der Waals surface area contributed by atoms with Crippen molar-refractivity contribution in [3.05, 3.63) is 24.2 Å². The minimum absolute atomic E-state index is 0.0441. The van der Waals surface area contributed by atoms with Gasteiger partial charge in [-0.05, 0) is 25.0 Å². The number of hydrazone groups is 1. The van der Waals surface area contributed by atoms with Gasteiger partial charge < -0.3 is 9.32 Å². The lowest BCUT2D eigenvalue weighted by atomic mass is 10.2. The zero-order valence-corrected chi connectivity index (χ0v) is 10.7. The van der Waals surface area contributed by atoms with Gasteiger partial charge in [-0.2, -0.15) is 5.10 Å². The molecule has 0 aliphatic carbocycles. The van der Waals surface area contributed by atoms with Crippen molar-refractivity contribution >= 4 is 18.0 Å². The fraction of sp³-hybridized carbons (Fsp3) is 0.462. The van der Waals surface area contributed by atoms with Gasteiger partial charge in [-0.25, -0.2) is 5.43 Å². The lowest BCUT2D eigenvalue weighted by Gasteiger charge is -2.18. The van der Waals surface area contributed by atoms with E-state index < -0.39 is 0 Å². The summed E-state index contributed by atoms with van der Waals surface area (Å²) >= 11 is 0. The zero-order valence-electron chi connectivity index (χ0n) is 10.7. The van der Waals surface area contributed by atoms with E-state index in [0.29, 0.717) is 18.7 Å². The maximum Gasteiger partial charge on any atom is 0.259 e. The first kappa shape index (κ1) is 13.3. The number of nitrogens with one attached hydrogen (secondary N) is 1. The highest BCUT2D eigenvalue weighted by Gasteiger charge is 2.18. The van der Waals surface area contributed by atoms with Crippen LogP contribution < -0.4 is 5.43 Å².